The number of aryl methyl sites for hydroxylation is 1. The van der Waals surface area contributed by atoms with E-state index < -0.39 is 0 Å². The summed E-state index contributed by atoms with van der Waals surface area (Å²) in [5.74, 6) is 0.668. The fraction of sp³-hybridized carbons (Fsp3) is 0.750. The molecule has 1 N–H and O–H groups in total. The van der Waals surface area contributed by atoms with E-state index in [1.807, 2.05) is 13.2 Å². The van der Waals surface area contributed by atoms with Crippen molar-refractivity contribution in [1.29, 1.82) is 0 Å². The lowest BCUT2D eigenvalue weighted by atomic mass is 9.98. The van der Waals surface area contributed by atoms with Crippen LogP contribution in [0.25, 0.3) is 0 Å². The SMILES string of the molecule is CCn1ncc(Br)c1CCC(NC)C(C)C. The largest absolute Gasteiger partial charge is 0.317 e. The van der Waals surface area contributed by atoms with Crippen molar-refractivity contribution in [2.45, 2.75) is 46.2 Å². The summed E-state index contributed by atoms with van der Waals surface area (Å²) in [6.07, 6.45) is 4.11. The molecule has 0 bridgehead atoms. The van der Waals surface area contributed by atoms with Gasteiger partial charge in [-0.15, -0.1) is 0 Å². The fourth-order valence-electron chi connectivity index (χ4n) is 2.01. The molecule has 92 valence electrons. The van der Waals surface area contributed by atoms with Gasteiger partial charge in [-0.3, -0.25) is 4.68 Å². The maximum Gasteiger partial charge on any atom is 0.0635 e. The Labute approximate surface area is 107 Å². The van der Waals surface area contributed by atoms with E-state index in [1.165, 1.54) is 5.69 Å². The van der Waals surface area contributed by atoms with E-state index in [0.717, 1.165) is 23.9 Å². The highest BCUT2D eigenvalue weighted by molar-refractivity contribution is 9.10. The number of hydrogen-bond donors (Lipinski definition) is 1. The minimum absolute atomic E-state index is 0.576. The molecular formula is C12H22BrN3. The predicted molar refractivity (Wildman–Crippen MR) is 71.6 cm³/mol. The highest BCUT2D eigenvalue weighted by Gasteiger charge is 2.14. The molecule has 0 saturated heterocycles. The molecule has 0 radical (unpaired) electrons. The van der Waals surface area contributed by atoms with Crippen LogP contribution in [-0.2, 0) is 13.0 Å². The summed E-state index contributed by atoms with van der Waals surface area (Å²) >= 11 is 3.56. The summed E-state index contributed by atoms with van der Waals surface area (Å²) in [6.45, 7) is 7.58. The van der Waals surface area contributed by atoms with Gasteiger partial charge >= 0.3 is 0 Å². The van der Waals surface area contributed by atoms with Crippen molar-refractivity contribution in [2.24, 2.45) is 5.92 Å². The average molecular weight is 288 g/mol. The third-order valence-corrected chi connectivity index (χ3v) is 3.73. The van der Waals surface area contributed by atoms with Gasteiger partial charge in [-0.2, -0.15) is 5.10 Å². The quantitative estimate of drug-likeness (QED) is 0.872. The lowest BCUT2D eigenvalue weighted by Crippen LogP contribution is -2.31. The molecule has 1 atom stereocenters. The third kappa shape index (κ3) is 3.32. The van der Waals surface area contributed by atoms with E-state index in [-0.39, 0.29) is 0 Å². The van der Waals surface area contributed by atoms with Crippen LogP contribution in [0.15, 0.2) is 10.7 Å². The molecular weight excluding hydrogens is 266 g/mol. The van der Waals surface area contributed by atoms with Crippen LogP contribution in [0.2, 0.25) is 0 Å². The van der Waals surface area contributed by atoms with Crippen LogP contribution in [0.4, 0.5) is 0 Å². The second kappa shape index (κ2) is 6.40. The molecule has 0 spiro atoms. The molecule has 3 nitrogen and oxygen atoms in total. The second-order valence-corrected chi connectivity index (χ2v) is 5.29. The highest BCUT2D eigenvalue weighted by atomic mass is 79.9. The number of aromatic nitrogens is 2. The molecule has 0 aliphatic carbocycles. The van der Waals surface area contributed by atoms with Crippen molar-refractivity contribution < 1.29 is 0 Å². The molecule has 0 amide bonds. The normalized spacial score (nSPS) is 13.4. The Hall–Kier alpha value is -0.350. The smallest absolute Gasteiger partial charge is 0.0635 e. The molecule has 4 heteroatoms. The molecule has 0 aromatic carbocycles. The monoisotopic (exact) mass is 287 g/mol. The highest BCUT2D eigenvalue weighted by Crippen LogP contribution is 2.19. The van der Waals surface area contributed by atoms with Crippen molar-refractivity contribution in [2.75, 3.05) is 7.05 Å². The van der Waals surface area contributed by atoms with Gasteiger partial charge in [-0.05, 0) is 48.7 Å². The van der Waals surface area contributed by atoms with Crippen LogP contribution in [-0.4, -0.2) is 22.9 Å². The maximum absolute atomic E-state index is 4.33. The van der Waals surface area contributed by atoms with Gasteiger partial charge in [-0.1, -0.05) is 13.8 Å². The first kappa shape index (κ1) is 13.7. The van der Waals surface area contributed by atoms with E-state index in [2.05, 4.69) is 51.8 Å². The van der Waals surface area contributed by atoms with Crippen LogP contribution < -0.4 is 5.32 Å². The molecule has 0 saturated carbocycles. The molecule has 16 heavy (non-hydrogen) atoms. The Morgan fingerprint density at radius 1 is 1.50 bits per heavy atom. The molecule has 0 aliphatic heterocycles. The first-order chi connectivity index (χ1) is 7.60. The van der Waals surface area contributed by atoms with Gasteiger partial charge in [-0.25, -0.2) is 0 Å². The predicted octanol–water partition coefficient (Wildman–Crippen LogP) is 2.84. The summed E-state index contributed by atoms with van der Waals surface area (Å²) in [7, 11) is 2.04. The summed E-state index contributed by atoms with van der Waals surface area (Å²) < 4.78 is 3.20. The zero-order chi connectivity index (χ0) is 12.1. The van der Waals surface area contributed by atoms with E-state index >= 15 is 0 Å². The van der Waals surface area contributed by atoms with E-state index in [9.17, 15) is 0 Å². The van der Waals surface area contributed by atoms with Crippen LogP contribution in [0.5, 0.6) is 0 Å². The van der Waals surface area contributed by atoms with Crippen molar-refractivity contribution in [3.05, 3.63) is 16.4 Å². The van der Waals surface area contributed by atoms with Crippen LogP contribution >= 0.6 is 15.9 Å². The summed E-state index contributed by atoms with van der Waals surface area (Å²) in [5.41, 5.74) is 1.31. The van der Waals surface area contributed by atoms with Crippen molar-refractivity contribution in [3.8, 4) is 0 Å². The minimum atomic E-state index is 0.576. The molecule has 1 heterocycles. The van der Waals surface area contributed by atoms with Crippen molar-refractivity contribution in [1.82, 2.24) is 15.1 Å². The van der Waals surface area contributed by atoms with Crippen LogP contribution in [0.1, 0.15) is 32.9 Å². The Morgan fingerprint density at radius 3 is 2.69 bits per heavy atom. The summed E-state index contributed by atoms with van der Waals surface area (Å²) in [5, 5.41) is 7.71. The molecule has 1 rings (SSSR count). The number of rotatable bonds is 6. The standard InChI is InChI=1S/C12H22BrN3/c1-5-16-12(10(13)8-15-16)7-6-11(14-4)9(2)3/h8-9,11,14H,5-7H2,1-4H3. The van der Waals surface area contributed by atoms with Gasteiger partial charge in [0.25, 0.3) is 0 Å². The zero-order valence-electron chi connectivity index (χ0n) is 10.6. The van der Waals surface area contributed by atoms with Crippen molar-refractivity contribution in [3.63, 3.8) is 0 Å². The number of nitrogens with one attached hydrogen (secondary N) is 1. The number of hydrogen-bond acceptors (Lipinski definition) is 2. The van der Waals surface area contributed by atoms with Gasteiger partial charge in [0.1, 0.15) is 0 Å². The lowest BCUT2D eigenvalue weighted by Gasteiger charge is -2.20. The minimum Gasteiger partial charge on any atom is -0.317 e. The van der Waals surface area contributed by atoms with Gasteiger partial charge < -0.3 is 5.32 Å². The Kier molecular flexibility index (Phi) is 5.49. The lowest BCUT2D eigenvalue weighted by molar-refractivity contribution is 0.398. The molecule has 0 fully saturated rings. The Morgan fingerprint density at radius 2 is 2.19 bits per heavy atom. The van der Waals surface area contributed by atoms with E-state index in [1.54, 1.807) is 0 Å². The van der Waals surface area contributed by atoms with Crippen molar-refractivity contribution >= 4 is 15.9 Å². The maximum atomic E-state index is 4.33. The topological polar surface area (TPSA) is 29.9 Å². The van der Waals surface area contributed by atoms with Crippen LogP contribution in [0, 0.1) is 5.92 Å². The average Bonchev–Trinajstić information content (AvgIpc) is 2.60. The summed E-state index contributed by atoms with van der Waals surface area (Å²) in [6, 6.07) is 0.576. The van der Waals surface area contributed by atoms with Gasteiger partial charge in [0, 0.05) is 12.6 Å². The molecule has 1 unspecified atom stereocenters. The first-order valence-electron chi connectivity index (χ1n) is 5.97. The third-order valence-electron chi connectivity index (χ3n) is 3.06. The fourth-order valence-corrected chi connectivity index (χ4v) is 2.51. The molecule has 1 aromatic rings. The number of nitrogens with zero attached hydrogens (tertiary/aromatic N) is 2. The Bertz CT molecular complexity index is 320. The molecule has 1 aromatic heterocycles. The first-order valence-corrected chi connectivity index (χ1v) is 6.76. The van der Waals surface area contributed by atoms with Crippen LogP contribution in [0.3, 0.4) is 0 Å². The number of halogens is 1. The van der Waals surface area contributed by atoms with E-state index in [0.29, 0.717) is 12.0 Å². The summed E-state index contributed by atoms with van der Waals surface area (Å²) in [4.78, 5) is 0. The second-order valence-electron chi connectivity index (χ2n) is 4.43. The van der Waals surface area contributed by atoms with E-state index in [4.69, 9.17) is 0 Å². The molecule has 0 aliphatic rings. The Balaban J connectivity index is 2.62. The zero-order valence-corrected chi connectivity index (χ0v) is 12.2. The van der Waals surface area contributed by atoms with Gasteiger partial charge in [0.05, 0.1) is 16.4 Å². The van der Waals surface area contributed by atoms with Gasteiger partial charge in [0.2, 0.25) is 0 Å². The van der Waals surface area contributed by atoms with Gasteiger partial charge in [0.15, 0.2) is 0 Å².